The number of nitrogens with zero attached hydrogens (tertiary/aromatic N) is 1. The molecule has 0 radical (unpaired) electrons. The molecule has 1 aromatic heterocycles. The number of aromatic amines is 1. The average Bonchev–Trinajstić information content (AvgIpc) is 3.08. The lowest BCUT2D eigenvalue weighted by Crippen LogP contribution is -2.38. The number of nitrogens with one attached hydrogen (secondary N) is 4. The van der Waals surface area contributed by atoms with E-state index in [9.17, 15) is 8.42 Å². The first-order valence-electron chi connectivity index (χ1n) is 10.00. The van der Waals surface area contributed by atoms with Crippen LogP contribution >= 0.6 is 24.0 Å². The van der Waals surface area contributed by atoms with Crippen LogP contribution < -0.4 is 15.4 Å². The van der Waals surface area contributed by atoms with Crippen LogP contribution in [-0.2, 0) is 23.0 Å². The lowest BCUT2D eigenvalue weighted by Gasteiger charge is -2.13. The molecule has 0 atom stereocenters. The number of aryl methyl sites for hydroxylation is 1. The lowest BCUT2D eigenvalue weighted by atomic mass is 10.1. The third-order valence-electron chi connectivity index (χ3n) is 4.67. The highest BCUT2D eigenvalue weighted by Crippen LogP contribution is 2.20. The fourth-order valence-corrected chi connectivity index (χ4v) is 3.88. The molecular formula is C22H30IN5O2S. The predicted molar refractivity (Wildman–Crippen MR) is 140 cm³/mol. The van der Waals surface area contributed by atoms with Crippen molar-refractivity contribution in [1.29, 1.82) is 0 Å². The van der Waals surface area contributed by atoms with Crippen LogP contribution in [-0.4, -0.2) is 38.7 Å². The van der Waals surface area contributed by atoms with Crippen LogP contribution in [0.4, 0.5) is 5.69 Å². The number of anilines is 1. The third kappa shape index (κ3) is 7.42. The molecule has 0 fully saturated rings. The molecule has 7 nitrogen and oxygen atoms in total. The van der Waals surface area contributed by atoms with E-state index in [1.807, 2.05) is 19.1 Å². The van der Waals surface area contributed by atoms with Crippen molar-refractivity contribution in [3.05, 3.63) is 65.4 Å². The van der Waals surface area contributed by atoms with Crippen LogP contribution in [0.5, 0.6) is 0 Å². The van der Waals surface area contributed by atoms with E-state index >= 15 is 0 Å². The van der Waals surface area contributed by atoms with E-state index in [4.69, 9.17) is 0 Å². The summed E-state index contributed by atoms with van der Waals surface area (Å²) in [6.45, 7) is 5.93. The van der Waals surface area contributed by atoms with Crippen LogP contribution in [0.15, 0.2) is 53.7 Å². The van der Waals surface area contributed by atoms with Gasteiger partial charge >= 0.3 is 0 Å². The zero-order valence-corrected chi connectivity index (χ0v) is 21.2. The number of aromatic nitrogens is 1. The number of hydrogen-bond acceptors (Lipinski definition) is 3. The Bertz CT molecular complexity index is 1140. The minimum atomic E-state index is -3.34. The molecule has 4 N–H and O–H groups in total. The molecule has 168 valence electrons. The smallest absolute Gasteiger partial charge is 0.229 e. The molecule has 0 aliphatic rings. The zero-order chi connectivity index (χ0) is 21.6. The Morgan fingerprint density at radius 2 is 1.87 bits per heavy atom. The van der Waals surface area contributed by atoms with Gasteiger partial charge in [-0.2, -0.15) is 0 Å². The van der Waals surface area contributed by atoms with Gasteiger partial charge in [0, 0.05) is 30.2 Å². The van der Waals surface area contributed by atoms with E-state index in [1.165, 1.54) is 16.5 Å². The Balaban J connectivity index is 0.00000341. The van der Waals surface area contributed by atoms with Gasteiger partial charge < -0.3 is 15.6 Å². The Labute approximate surface area is 201 Å². The van der Waals surface area contributed by atoms with Gasteiger partial charge in [0.05, 0.1) is 18.5 Å². The third-order valence-corrected chi connectivity index (χ3v) is 5.26. The topological polar surface area (TPSA) is 98.4 Å². The second kappa shape index (κ2) is 11.4. The molecule has 0 aliphatic carbocycles. The summed E-state index contributed by atoms with van der Waals surface area (Å²) >= 11 is 0. The molecule has 0 saturated carbocycles. The molecule has 9 heteroatoms. The van der Waals surface area contributed by atoms with Gasteiger partial charge in [-0.1, -0.05) is 30.3 Å². The first-order valence-corrected chi connectivity index (χ1v) is 11.9. The summed E-state index contributed by atoms with van der Waals surface area (Å²) in [6.07, 6.45) is 4.06. The van der Waals surface area contributed by atoms with Crippen molar-refractivity contribution in [2.45, 2.75) is 26.8 Å². The van der Waals surface area contributed by atoms with Crippen molar-refractivity contribution in [3.63, 3.8) is 0 Å². The van der Waals surface area contributed by atoms with Crippen molar-refractivity contribution in [2.75, 3.05) is 24.1 Å². The molecule has 0 bridgehead atoms. The Morgan fingerprint density at radius 1 is 1.10 bits per heavy atom. The normalized spacial score (nSPS) is 11.8. The Morgan fingerprint density at radius 3 is 2.61 bits per heavy atom. The van der Waals surface area contributed by atoms with Crippen molar-refractivity contribution in [3.8, 4) is 0 Å². The van der Waals surface area contributed by atoms with E-state index in [1.54, 1.807) is 12.1 Å². The quantitative estimate of drug-likeness (QED) is 0.193. The standard InChI is InChI=1S/C22H29N5O2S.HI/c1-4-23-22(26-15-18-7-5-6-8-20(18)27-30(3,28)29)24-12-11-17-14-25-21-13-16(2)9-10-19(17)21;/h5-10,13-14,25,27H,4,11-12,15H2,1-3H3,(H2,23,24,26);1H. The van der Waals surface area contributed by atoms with E-state index in [-0.39, 0.29) is 24.0 Å². The summed E-state index contributed by atoms with van der Waals surface area (Å²) in [6, 6.07) is 13.7. The van der Waals surface area contributed by atoms with Gasteiger partial charge in [0.15, 0.2) is 5.96 Å². The van der Waals surface area contributed by atoms with Gasteiger partial charge in [-0.05, 0) is 49.1 Å². The summed E-state index contributed by atoms with van der Waals surface area (Å²) in [4.78, 5) is 7.95. The minimum absolute atomic E-state index is 0. The SMILES string of the molecule is CCNC(=NCc1ccccc1NS(C)(=O)=O)NCCc1c[nH]c2cc(C)ccc12.I. The molecular weight excluding hydrogens is 525 g/mol. The summed E-state index contributed by atoms with van der Waals surface area (Å²) in [5.74, 6) is 0.697. The van der Waals surface area contributed by atoms with Crippen LogP contribution in [0.2, 0.25) is 0 Å². The molecule has 0 aliphatic heterocycles. The van der Waals surface area contributed by atoms with Crippen LogP contribution in [0, 0.1) is 6.92 Å². The highest BCUT2D eigenvalue weighted by molar-refractivity contribution is 14.0. The molecule has 2 aromatic carbocycles. The van der Waals surface area contributed by atoms with Crippen molar-refractivity contribution in [1.82, 2.24) is 15.6 Å². The summed E-state index contributed by atoms with van der Waals surface area (Å²) in [5.41, 5.74) is 5.01. The van der Waals surface area contributed by atoms with E-state index < -0.39 is 10.0 Å². The average molecular weight is 555 g/mol. The Hall–Kier alpha value is -2.27. The summed E-state index contributed by atoms with van der Waals surface area (Å²) in [5, 5.41) is 7.84. The predicted octanol–water partition coefficient (Wildman–Crippen LogP) is 3.76. The highest BCUT2D eigenvalue weighted by Gasteiger charge is 2.08. The Kier molecular flexibility index (Phi) is 9.17. The molecule has 1 heterocycles. The van der Waals surface area contributed by atoms with E-state index in [0.29, 0.717) is 18.2 Å². The molecule has 3 rings (SSSR count). The number of rotatable bonds is 8. The van der Waals surface area contributed by atoms with E-state index in [2.05, 4.69) is 56.7 Å². The molecule has 0 amide bonds. The number of aliphatic imine (C=N–C) groups is 1. The fourth-order valence-electron chi connectivity index (χ4n) is 3.29. The fraction of sp³-hybridized carbons (Fsp3) is 0.318. The van der Waals surface area contributed by atoms with Gasteiger partial charge in [0.1, 0.15) is 0 Å². The second-order valence-corrected chi connectivity index (χ2v) is 9.01. The highest BCUT2D eigenvalue weighted by atomic mass is 127. The van der Waals surface area contributed by atoms with Crippen LogP contribution in [0.25, 0.3) is 10.9 Å². The molecule has 0 saturated heterocycles. The number of para-hydroxylation sites is 1. The van der Waals surface area contributed by atoms with Gasteiger partial charge in [-0.15, -0.1) is 24.0 Å². The summed E-state index contributed by atoms with van der Waals surface area (Å²) in [7, 11) is -3.34. The number of guanidine groups is 1. The van der Waals surface area contributed by atoms with Crippen molar-refractivity contribution >= 4 is 56.5 Å². The number of sulfonamides is 1. The number of hydrogen-bond donors (Lipinski definition) is 4. The molecule has 0 spiro atoms. The monoisotopic (exact) mass is 555 g/mol. The maximum Gasteiger partial charge on any atom is 0.229 e. The van der Waals surface area contributed by atoms with Gasteiger partial charge in [-0.25, -0.2) is 13.4 Å². The largest absolute Gasteiger partial charge is 0.361 e. The van der Waals surface area contributed by atoms with Crippen LogP contribution in [0.1, 0.15) is 23.6 Å². The van der Waals surface area contributed by atoms with Gasteiger partial charge in [0.25, 0.3) is 0 Å². The first kappa shape index (κ1) is 25.0. The second-order valence-electron chi connectivity index (χ2n) is 7.27. The van der Waals surface area contributed by atoms with E-state index in [0.717, 1.165) is 36.8 Å². The maximum atomic E-state index is 11.6. The molecule has 0 unspecified atom stereocenters. The number of H-pyrrole nitrogens is 1. The molecule has 3 aromatic rings. The van der Waals surface area contributed by atoms with Crippen molar-refractivity contribution < 1.29 is 8.42 Å². The number of benzene rings is 2. The number of halogens is 1. The molecule has 31 heavy (non-hydrogen) atoms. The van der Waals surface area contributed by atoms with Crippen molar-refractivity contribution in [2.24, 2.45) is 4.99 Å². The number of fused-ring (bicyclic) bond motifs is 1. The minimum Gasteiger partial charge on any atom is -0.361 e. The van der Waals surface area contributed by atoms with Gasteiger partial charge in [-0.3, -0.25) is 4.72 Å². The van der Waals surface area contributed by atoms with Crippen LogP contribution in [0.3, 0.4) is 0 Å². The maximum absolute atomic E-state index is 11.6. The lowest BCUT2D eigenvalue weighted by molar-refractivity contribution is 0.606. The zero-order valence-electron chi connectivity index (χ0n) is 18.0. The first-order chi connectivity index (χ1) is 14.4. The summed E-state index contributed by atoms with van der Waals surface area (Å²) < 4.78 is 25.7. The van der Waals surface area contributed by atoms with Gasteiger partial charge in [0.2, 0.25) is 10.0 Å².